The van der Waals surface area contributed by atoms with Crippen LogP contribution in [0.25, 0.3) is 10.8 Å². The van der Waals surface area contributed by atoms with Crippen LogP contribution in [-0.4, -0.2) is 37.5 Å². The van der Waals surface area contributed by atoms with E-state index >= 15 is 0 Å². The number of Topliss-reactive ketones (excluding diaryl/α,β-unsaturated/α-hetero) is 1. The predicted octanol–water partition coefficient (Wildman–Crippen LogP) is 3.69. The minimum absolute atomic E-state index is 0.116. The zero-order valence-corrected chi connectivity index (χ0v) is 17.1. The molecule has 6 nitrogen and oxygen atoms in total. The molecular weight excluding hydrogens is 388 g/mol. The first-order valence-electron chi connectivity index (χ1n) is 9.21. The van der Waals surface area contributed by atoms with Crippen molar-refractivity contribution in [3.63, 3.8) is 0 Å². The average molecular weight is 410 g/mol. The van der Waals surface area contributed by atoms with Crippen molar-refractivity contribution in [2.24, 2.45) is 0 Å². The van der Waals surface area contributed by atoms with Crippen LogP contribution in [0, 0.1) is 0 Å². The molecule has 3 aromatic rings. The topological polar surface area (TPSA) is 83.6 Å². The van der Waals surface area contributed by atoms with Gasteiger partial charge in [-0.25, -0.2) is 8.42 Å². The van der Waals surface area contributed by atoms with Gasteiger partial charge in [-0.05, 0) is 42.0 Å². The number of anilines is 1. The third kappa shape index (κ3) is 4.70. The molecule has 0 spiro atoms. The van der Waals surface area contributed by atoms with Crippen molar-refractivity contribution in [3.8, 4) is 0 Å². The van der Waals surface area contributed by atoms with Crippen LogP contribution in [0.15, 0.2) is 71.6 Å². The van der Waals surface area contributed by atoms with Gasteiger partial charge in [-0.15, -0.1) is 0 Å². The number of hydrogen-bond donors (Lipinski definition) is 1. The van der Waals surface area contributed by atoms with E-state index in [9.17, 15) is 18.0 Å². The minimum atomic E-state index is -3.83. The van der Waals surface area contributed by atoms with E-state index in [1.807, 2.05) is 24.3 Å². The Balaban J connectivity index is 1.79. The number of ketones is 1. The van der Waals surface area contributed by atoms with Crippen molar-refractivity contribution in [2.45, 2.75) is 18.7 Å². The second-order valence-electron chi connectivity index (χ2n) is 6.63. The lowest BCUT2D eigenvalue weighted by molar-refractivity contribution is -0.116. The van der Waals surface area contributed by atoms with Crippen LogP contribution in [0.4, 0.5) is 5.69 Å². The zero-order valence-electron chi connectivity index (χ0n) is 16.3. The average Bonchev–Trinajstić information content (AvgIpc) is 2.71. The van der Waals surface area contributed by atoms with Crippen molar-refractivity contribution in [3.05, 3.63) is 72.3 Å². The van der Waals surface area contributed by atoms with Gasteiger partial charge in [0.15, 0.2) is 5.78 Å². The number of hydrogen-bond acceptors (Lipinski definition) is 4. The Kier molecular flexibility index (Phi) is 6.10. The smallest absolute Gasteiger partial charge is 0.243 e. The van der Waals surface area contributed by atoms with E-state index in [-0.39, 0.29) is 23.8 Å². The van der Waals surface area contributed by atoms with Crippen LogP contribution in [0.2, 0.25) is 0 Å². The number of fused-ring (bicyclic) bond motifs is 1. The van der Waals surface area contributed by atoms with Gasteiger partial charge in [0.2, 0.25) is 15.9 Å². The first-order chi connectivity index (χ1) is 13.8. The van der Waals surface area contributed by atoms with Gasteiger partial charge in [-0.2, -0.15) is 4.31 Å². The van der Waals surface area contributed by atoms with Gasteiger partial charge in [0.1, 0.15) is 0 Å². The summed E-state index contributed by atoms with van der Waals surface area (Å²) in [6, 6.07) is 18.9. The van der Waals surface area contributed by atoms with Crippen molar-refractivity contribution < 1.29 is 18.0 Å². The fourth-order valence-corrected chi connectivity index (χ4v) is 4.46. The summed E-state index contributed by atoms with van der Waals surface area (Å²) >= 11 is 0. The first kappa shape index (κ1) is 20.7. The van der Waals surface area contributed by atoms with Gasteiger partial charge in [0, 0.05) is 17.8 Å². The molecule has 7 heteroatoms. The number of benzene rings is 3. The molecule has 0 atom stereocenters. The molecular formula is C22H22N2O4S. The Morgan fingerprint density at radius 2 is 1.66 bits per heavy atom. The number of sulfonamides is 1. The molecule has 0 aliphatic heterocycles. The standard InChI is InChI=1S/C22H22N2O4S/c1-3-24(15-22(26)23-20-10-6-9-18(13-20)16(2)25)29(27,28)21-12-11-17-7-4-5-8-19(17)14-21/h4-14H,3,15H2,1-2H3,(H,23,26). The molecule has 1 amide bonds. The molecule has 0 heterocycles. The number of carbonyl (C=O) groups excluding carboxylic acids is 2. The molecule has 0 bridgehead atoms. The zero-order chi connectivity index (χ0) is 21.0. The summed E-state index contributed by atoms with van der Waals surface area (Å²) in [5.74, 6) is -0.591. The number of likely N-dealkylation sites (N-methyl/N-ethyl adjacent to an activating group) is 1. The molecule has 150 valence electrons. The molecule has 0 aliphatic carbocycles. The van der Waals surface area contributed by atoms with Crippen LogP contribution in [-0.2, 0) is 14.8 Å². The fraction of sp³-hybridized carbons (Fsp3) is 0.182. The molecule has 0 saturated heterocycles. The normalized spacial score (nSPS) is 11.6. The number of nitrogens with zero attached hydrogens (tertiary/aromatic N) is 1. The summed E-state index contributed by atoms with van der Waals surface area (Å²) in [7, 11) is -3.83. The lowest BCUT2D eigenvalue weighted by Gasteiger charge is -2.20. The van der Waals surface area contributed by atoms with Crippen LogP contribution >= 0.6 is 0 Å². The van der Waals surface area contributed by atoms with Crippen molar-refractivity contribution in [2.75, 3.05) is 18.4 Å². The highest BCUT2D eigenvalue weighted by molar-refractivity contribution is 7.89. The van der Waals surface area contributed by atoms with E-state index in [0.717, 1.165) is 15.1 Å². The van der Waals surface area contributed by atoms with Gasteiger partial charge < -0.3 is 5.32 Å². The number of carbonyl (C=O) groups is 2. The van der Waals surface area contributed by atoms with E-state index in [2.05, 4.69) is 5.32 Å². The second kappa shape index (κ2) is 8.55. The van der Waals surface area contributed by atoms with E-state index in [1.54, 1.807) is 49.4 Å². The summed E-state index contributed by atoms with van der Waals surface area (Å²) < 4.78 is 27.2. The van der Waals surface area contributed by atoms with Gasteiger partial charge in [0.05, 0.1) is 11.4 Å². The second-order valence-corrected chi connectivity index (χ2v) is 8.56. The number of nitrogens with one attached hydrogen (secondary N) is 1. The Morgan fingerprint density at radius 3 is 2.34 bits per heavy atom. The summed E-state index contributed by atoms with van der Waals surface area (Å²) in [5, 5.41) is 4.42. The summed E-state index contributed by atoms with van der Waals surface area (Å²) in [5.41, 5.74) is 0.917. The van der Waals surface area contributed by atoms with Gasteiger partial charge >= 0.3 is 0 Å². The highest BCUT2D eigenvalue weighted by Gasteiger charge is 2.25. The largest absolute Gasteiger partial charge is 0.325 e. The van der Waals surface area contributed by atoms with Crippen LogP contribution in [0.5, 0.6) is 0 Å². The van der Waals surface area contributed by atoms with E-state index < -0.39 is 15.9 Å². The maximum absolute atomic E-state index is 13.0. The number of rotatable bonds is 7. The van der Waals surface area contributed by atoms with E-state index in [0.29, 0.717) is 11.3 Å². The third-order valence-electron chi connectivity index (χ3n) is 4.58. The molecule has 0 fully saturated rings. The molecule has 0 saturated carbocycles. The van der Waals surface area contributed by atoms with Crippen LogP contribution in [0.1, 0.15) is 24.2 Å². The molecule has 0 aromatic heterocycles. The molecule has 29 heavy (non-hydrogen) atoms. The van der Waals surface area contributed by atoms with Gasteiger partial charge in [-0.3, -0.25) is 9.59 Å². The highest BCUT2D eigenvalue weighted by atomic mass is 32.2. The Labute approximate surface area is 170 Å². The lowest BCUT2D eigenvalue weighted by atomic mass is 10.1. The van der Waals surface area contributed by atoms with Crippen LogP contribution in [0.3, 0.4) is 0 Å². The monoisotopic (exact) mass is 410 g/mol. The van der Waals surface area contributed by atoms with Crippen LogP contribution < -0.4 is 5.32 Å². The molecule has 3 rings (SSSR count). The minimum Gasteiger partial charge on any atom is -0.325 e. The quantitative estimate of drug-likeness (QED) is 0.602. The number of amides is 1. The molecule has 0 unspecified atom stereocenters. The van der Waals surface area contributed by atoms with E-state index in [1.165, 1.54) is 6.92 Å². The SMILES string of the molecule is CCN(CC(=O)Nc1cccc(C(C)=O)c1)S(=O)(=O)c1ccc2ccccc2c1. The predicted molar refractivity (Wildman–Crippen MR) is 113 cm³/mol. The maximum Gasteiger partial charge on any atom is 0.243 e. The van der Waals surface area contributed by atoms with E-state index in [4.69, 9.17) is 0 Å². The van der Waals surface area contributed by atoms with Crippen molar-refractivity contribution in [1.82, 2.24) is 4.31 Å². The van der Waals surface area contributed by atoms with Crippen molar-refractivity contribution in [1.29, 1.82) is 0 Å². The highest BCUT2D eigenvalue weighted by Crippen LogP contribution is 2.22. The first-order valence-corrected chi connectivity index (χ1v) is 10.6. The Morgan fingerprint density at radius 1 is 0.931 bits per heavy atom. The van der Waals surface area contributed by atoms with Crippen molar-refractivity contribution >= 4 is 38.2 Å². The third-order valence-corrected chi connectivity index (χ3v) is 6.50. The lowest BCUT2D eigenvalue weighted by Crippen LogP contribution is -2.37. The van der Waals surface area contributed by atoms with Gasteiger partial charge in [0.25, 0.3) is 0 Å². The van der Waals surface area contributed by atoms with Gasteiger partial charge in [-0.1, -0.05) is 49.4 Å². The molecule has 3 aromatic carbocycles. The fourth-order valence-electron chi connectivity index (χ4n) is 3.02. The summed E-state index contributed by atoms with van der Waals surface area (Å²) in [4.78, 5) is 24.1. The maximum atomic E-state index is 13.0. The molecule has 1 N–H and O–H groups in total. The summed E-state index contributed by atoms with van der Waals surface area (Å²) in [6.45, 7) is 2.95. The summed E-state index contributed by atoms with van der Waals surface area (Å²) in [6.07, 6.45) is 0. The molecule has 0 aliphatic rings. The molecule has 0 radical (unpaired) electrons. The Hall–Kier alpha value is -3.03. The Bertz CT molecular complexity index is 1170.